The third-order valence-electron chi connectivity index (χ3n) is 5.43. The van der Waals surface area contributed by atoms with Gasteiger partial charge in [0.05, 0.1) is 18.9 Å². The van der Waals surface area contributed by atoms with Gasteiger partial charge in [-0.1, -0.05) is 6.92 Å². The highest BCUT2D eigenvalue weighted by molar-refractivity contribution is 5.93. The summed E-state index contributed by atoms with van der Waals surface area (Å²) < 4.78 is 23.4. The van der Waals surface area contributed by atoms with E-state index in [1.54, 1.807) is 6.07 Å². The molecule has 1 saturated heterocycles. The zero-order valence-corrected chi connectivity index (χ0v) is 17.7. The van der Waals surface area contributed by atoms with E-state index in [0.717, 1.165) is 25.2 Å². The number of carbonyl (C=O) groups excluding carboxylic acids is 1. The van der Waals surface area contributed by atoms with Crippen molar-refractivity contribution in [2.45, 2.75) is 52.0 Å². The van der Waals surface area contributed by atoms with Crippen molar-refractivity contribution in [2.24, 2.45) is 11.8 Å². The smallest absolute Gasteiger partial charge is 0.270 e. The van der Waals surface area contributed by atoms with Crippen molar-refractivity contribution < 1.29 is 18.7 Å². The molecule has 1 aromatic rings. The molecule has 3 rings (SSSR count). The van der Waals surface area contributed by atoms with Crippen LogP contribution < -0.4 is 15.0 Å². The number of halogens is 1. The average molecular weight is 408 g/mol. The largest absolute Gasteiger partial charge is 0.476 e. The molecule has 0 aromatic carbocycles. The van der Waals surface area contributed by atoms with E-state index in [4.69, 9.17) is 9.47 Å². The Morgan fingerprint density at radius 2 is 2.07 bits per heavy atom. The van der Waals surface area contributed by atoms with Crippen LogP contribution in [0.5, 0.6) is 5.88 Å². The molecule has 1 saturated carbocycles. The van der Waals surface area contributed by atoms with Gasteiger partial charge in [-0.15, -0.1) is 0 Å². The minimum Gasteiger partial charge on any atom is -0.476 e. The third kappa shape index (κ3) is 6.84. The van der Waals surface area contributed by atoms with Crippen molar-refractivity contribution in [3.05, 3.63) is 17.8 Å². The fourth-order valence-electron chi connectivity index (χ4n) is 3.71. The summed E-state index contributed by atoms with van der Waals surface area (Å²) >= 11 is 0. The van der Waals surface area contributed by atoms with Crippen LogP contribution in [0.1, 0.15) is 56.4 Å². The molecular weight excluding hydrogens is 373 g/mol. The van der Waals surface area contributed by atoms with E-state index >= 15 is 0 Å². The highest BCUT2D eigenvalue weighted by atomic mass is 19.1. The van der Waals surface area contributed by atoms with E-state index in [2.05, 4.69) is 15.2 Å². The standard InChI is InChI=1S/C22H34FN3O3/c1-16(14-28-12-9-23)13-17(2)24-21(27)19-7-8-20(26-10-3-4-11-26)22(25-19)29-15-18-5-6-18/h7-8,16-18H,3-6,9-15H2,1-2H3,(H,24,27)/t16?,17-/m0/s1. The van der Waals surface area contributed by atoms with Crippen LogP contribution in [-0.4, -0.2) is 56.5 Å². The highest BCUT2D eigenvalue weighted by Crippen LogP contribution is 2.33. The molecule has 0 bridgehead atoms. The first-order valence-corrected chi connectivity index (χ1v) is 10.9. The van der Waals surface area contributed by atoms with Crippen molar-refractivity contribution in [3.8, 4) is 5.88 Å². The Morgan fingerprint density at radius 3 is 2.76 bits per heavy atom. The average Bonchev–Trinajstić information content (AvgIpc) is 3.37. The van der Waals surface area contributed by atoms with Crippen LogP contribution in [0.2, 0.25) is 0 Å². The summed E-state index contributed by atoms with van der Waals surface area (Å²) in [5.74, 6) is 1.24. The number of nitrogens with one attached hydrogen (secondary N) is 1. The Kier molecular flexibility index (Phi) is 8.09. The second-order valence-corrected chi connectivity index (χ2v) is 8.45. The number of aromatic nitrogens is 1. The topological polar surface area (TPSA) is 63.7 Å². The Hall–Kier alpha value is -1.89. The number of pyridine rings is 1. The summed E-state index contributed by atoms with van der Waals surface area (Å²) in [5, 5.41) is 3.01. The number of rotatable bonds is 12. The van der Waals surface area contributed by atoms with E-state index in [1.807, 2.05) is 19.9 Å². The number of nitrogens with zero attached hydrogens (tertiary/aromatic N) is 2. The molecule has 1 unspecified atom stereocenters. The van der Waals surface area contributed by atoms with Crippen molar-refractivity contribution in [1.29, 1.82) is 0 Å². The van der Waals surface area contributed by atoms with Crippen LogP contribution in [0, 0.1) is 11.8 Å². The second kappa shape index (κ2) is 10.8. The van der Waals surface area contributed by atoms with Gasteiger partial charge in [-0.25, -0.2) is 9.37 Å². The Bertz CT molecular complexity index is 663. The Balaban J connectivity index is 1.59. The van der Waals surface area contributed by atoms with Crippen LogP contribution in [-0.2, 0) is 4.74 Å². The first-order chi connectivity index (χ1) is 14.1. The molecule has 1 aliphatic carbocycles. The van der Waals surface area contributed by atoms with Crippen molar-refractivity contribution >= 4 is 11.6 Å². The molecule has 0 radical (unpaired) electrons. The van der Waals surface area contributed by atoms with Gasteiger partial charge < -0.3 is 19.7 Å². The van der Waals surface area contributed by atoms with Crippen LogP contribution in [0.25, 0.3) is 0 Å². The number of anilines is 1. The molecule has 162 valence electrons. The molecule has 2 aliphatic rings. The van der Waals surface area contributed by atoms with Gasteiger partial charge >= 0.3 is 0 Å². The number of amides is 1. The third-order valence-corrected chi connectivity index (χ3v) is 5.43. The van der Waals surface area contributed by atoms with Gasteiger partial charge in [0.15, 0.2) is 0 Å². The molecule has 0 spiro atoms. The van der Waals surface area contributed by atoms with Gasteiger partial charge in [-0.3, -0.25) is 4.79 Å². The van der Waals surface area contributed by atoms with Crippen molar-refractivity contribution in [2.75, 3.05) is 44.5 Å². The molecular formula is C22H34FN3O3. The van der Waals surface area contributed by atoms with Gasteiger partial charge in [0.1, 0.15) is 12.4 Å². The lowest BCUT2D eigenvalue weighted by Crippen LogP contribution is -2.35. The summed E-state index contributed by atoms with van der Waals surface area (Å²) in [6.45, 7) is 6.84. The summed E-state index contributed by atoms with van der Waals surface area (Å²) in [5.41, 5.74) is 1.37. The van der Waals surface area contributed by atoms with Gasteiger partial charge in [0, 0.05) is 25.7 Å². The normalized spacial score (nSPS) is 18.5. The van der Waals surface area contributed by atoms with E-state index in [9.17, 15) is 9.18 Å². The van der Waals surface area contributed by atoms with E-state index in [0.29, 0.717) is 30.7 Å². The molecule has 1 amide bonds. The number of alkyl halides is 1. The van der Waals surface area contributed by atoms with Crippen LogP contribution >= 0.6 is 0 Å². The molecule has 2 fully saturated rings. The minimum absolute atomic E-state index is 0.0256. The summed E-state index contributed by atoms with van der Waals surface area (Å²) in [6, 6.07) is 3.73. The van der Waals surface area contributed by atoms with Gasteiger partial charge in [-0.2, -0.15) is 0 Å². The van der Waals surface area contributed by atoms with Crippen LogP contribution in [0.15, 0.2) is 12.1 Å². The summed E-state index contributed by atoms with van der Waals surface area (Å²) in [7, 11) is 0. The molecule has 1 N–H and O–H groups in total. The zero-order valence-electron chi connectivity index (χ0n) is 17.7. The van der Waals surface area contributed by atoms with E-state index in [-0.39, 0.29) is 24.5 Å². The lowest BCUT2D eigenvalue weighted by atomic mass is 10.0. The molecule has 1 aromatic heterocycles. The van der Waals surface area contributed by atoms with Crippen molar-refractivity contribution in [3.63, 3.8) is 0 Å². The van der Waals surface area contributed by atoms with Crippen LogP contribution in [0.3, 0.4) is 0 Å². The lowest BCUT2D eigenvalue weighted by molar-refractivity contribution is 0.0833. The predicted molar refractivity (Wildman–Crippen MR) is 111 cm³/mol. The fourth-order valence-corrected chi connectivity index (χ4v) is 3.71. The number of ether oxygens (including phenoxy) is 2. The van der Waals surface area contributed by atoms with Gasteiger partial charge in [0.25, 0.3) is 5.91 Å². The molecule has 6 nitrogen and oxygen atoms in total. The quantitative estimate of drug-likeness (QED) is 0.537. The first kappa shape index (κ1) is 21.8. The maximum absolute atomic E-state index is 12.7. The maximum atomic E-state index is 12.7. The first-order valence-electron chi connectivity index (χ1n) is 10.9. The Labute approximate surface area is 173 Å². The van der Waals surface area contributed by atoms with E-state index < -0.39 is 6.67 Å². The highest BCUT2D eigenvalue weighted by Gasteiger charge is 2.25. The van der Waals surface area contributed by atoms with Gasteiger partial charge in [-0.05, 0) is 63.0 Å². The summed E-state index contributed by atoms with van der Waals surface area (Å²) in [6.07, 6.45) is 5.53. The molecule has 29 heavy (non-hydrogen) atoms. The Morgan fingerprint density at radius 1 is 1.31 bits per heavy atom. The molecule has 1 aliphatic heterocycles. The van der Waals surface area contributed by atoms with Gasteiger partial charge in [0.2, 0.25) is 5.88 Å². The molecule has 2 heterocycles. The fraction of sp³-hybridized carbons (Fsp3) is 0.727. The minimum atomic E-state index is -0.469. The molecule has 7 heteroatoms. The van der Waals surface area contributed by atoms with Crippen LogP contribution in [0.4, 0.5) is 10.1 Å². The van der Waals surface area contributed by atoms with E-state index in [1.165, 1.54) is 25.7 Å². The number of hydrogen-bond donors (Lipinski definition) is 1. The van der Waals surface area contributed by atoms with Crippen molar-refractivity contribution in [1.82, 2.24) is 10.3 Å². The number of carbonyl (C=O) groups is 1. The maximum Gasteiger partial charge on any atom is 0.270 e. The SMILES string of the molecule is CC(COCCF)C[C@H](C)NC(=O)c1ccc(N2CCCC2)c(OCC2CC2)n1. The second-order valence-electron chi connectivity index (χ2n) is 8.45. The monoisotopic (exact) mass is 407 g/mol. The molecule has 2 atom stereocenters. The predicted octanol–water partition coefficient (Wildman–Crippen LogP) is 3.60. The number of hydrogen-bond acceptors (Lipinski definition) is 5. The summed E-state index contributed by atoms with van der Waals surface area (Å²) in [4.78, 5) is 19.6. The lowest BCUT2D eigenvalue weighted by Gasteiger charge is -2.22. The zero-order chi connectivity index (χ0) is 20.6.